The molecule has 0 saturated heterocycles. The first kappa shape index (κ1) is 11.9. The van der Waals surface area contributed by atoms with Crippen molar-refractivity contribution in [2.45, 2.75) is 26.9 Å². The molecule has 1 aromatic heterocycles. The summed E-state index contributed by atoms with van der Waals surface area (Å²) in [4.78, 5) is 0. The highest BCUT2D eigenvalue weighted by Crippen LogP contribution is 2.12. The average molecular weight is 228 g/mol. The first-order valence-electron chi connectivity index (χ1n) is 6.05. The maximum absolute atomic E-state index is 3.49. The Morgan fingerprint density at radius 3 is 2.35 bits per heavy atom. The molecule has 0 saturated carbocycles. The van der Waals surface area contributed by atoms with E-state index in [0.717, 1.165) is 13.1 Å². The zero-order chi connectivity index (χ0) is 12.3. The van der Waals surface area contributed by atoms with Crippen LogP contribution in [0.5, 0.6) is 0 Å². The highest BCUT2D eigenvalue weighted by molar-refractivity contribution is 5.26. The zero-order valence-corrected chi connectivity index (χ0v) is 10.8. The number of hydrogen-bond acceptors (Lipinski definition) is 1. The van der Waals surface area contributed by atoms with Crippen LogP contribution in [-0.4, -0.2) is 4.57 Å². The summed E-state index contributed by atoms with van der Waals surface area (Å²) in [5.74, 6) is 0. The molecule has 0 spiro atoms. The molecule has 0 fully saturated rings. The van der Waals surface area contributed by atoms with Crippen LogP contribution < -0.4 is 5.32 Å². The molecule has 0 atom stereocenters. The number of hydrogen-bond donors (Lipinski definition) is 1. The highest BCUT2D eigenvalue weighted by Gasteiger charge is 2.04. The molecular formula is C15H20N2. The van der Waals surface area contributed by atoms with Crippen LogP contribution in [0.2, 0.25) is 0 Å². The lowest BCUT2D eigenvalue weighted by Crippen LogP contribution is -2.13. The molecule has 2 heteroatoms. The lowest BCUT2D eigenvalue weighted by Gasteiger charge is -2.05. The molecule has 1 aromatic carbocycles. The number of nitrogens with zero attached hydrogens (tertiary/aromatic N) is 1. The van der Waals surface area contributed by atoms with Gasteiger partial charge in [-0.1, -0.05) is 30.3 Å². The van der Waals surface area contributed by atoms with Crippen LogP contribution in [0.25, 0.3) is 0 Å². The van der Waals surface area contributed by atoms with Gasteiger partial charge in [-0.2, -0.15) is 0 Å². The van der Waals surface area contributed by atoms with Gasteiger partial charge in [-0.25, -0.2) is 0 Å². The van der Waals surface area contributed by atoms with Crippen LogP contribution >= 0.6 is 0 Å². The lowest BCUT2D eigenvalue weighted by atomic mass is 10.2. The van der Waals surface area contributed by atoms with E-state index < -0.39 is 0 Å². The fraction of sp³-hybridized carbons (Fsp3) is 0.333. The number of benzene rings is 1. The SMILES string of the molecule is Cc1cc(CNCc2ccccc2)c(C)n1C. The topological polar surface area (TPSA) is 17.0 Å². The standard InChI is InChI=1S/C15H20N2/c1-12-9-15(13(2)17(12)3)11-16-10-14-7-5-4-6-8-14/h4-9,16H,10-11H2,1-3H3. The van der Waals surface area contributed by atoms with E-state index in [-0.39, 0.29) is 0 Å². The van der Waals surface area contributed by atoms with Crippen LogP contribution in [0, 0.1) is 13.8 Å². The fourth-order valence-corrected chi connectivity index (χ4v) is 2.05. The number of aryl methyl sites for hydroxylation is 1. The van der Waals surface area contributed by atoms with Crippen molar-refractivity contribution in [1.29, 1.82) is 0 Å². The Labute approximate surface area is 103 Å². The van der Waals surface area contributed by atoms with Crippen LogP contribution in [0.4, 0.5) is 0 Å². The van der Waals surface area contributed by atoms with Gasteiger partial charge >= 0.3 is 0 Å². The summed E-state index contributed by atoms with van der Waals surface area (Å²) < 4.78 is 2.24. The summed E-state index contributed by atoms with van der Waals surface area (Å²) in [6.07, 6.45) is 0. The third kappa shape index (κ3) is 2.77. The van der Waals surface area contributed by atoms with Gasteiger partial charge in [-0.05, 0) is 31.0 Å². The fourth-order valence-electron chi connectivity index (χ4n) is 2.05. The van der Waals surface area contributed by atoms with Crippen LogP contribution in [0.3, 0.4) is 0 Å². The third-order valence-electron chi connectivity index (χ3n) is 3.37. The minimum Gasteiger partial charge on any atom is -0.352 e. The minimum atomic E-state index is 0.925. The van der Waals surface area contributed by atoms with E-state index in [1.165, 1.54) is 22.5 Å². The quantitative estimate of drug-likeness (QED) is 0.851. The molecule has 0 aliphatic rings. The van der Waals surface area contributed by atoms with Gasteiger partial charge in [0.25, 0.3) is 0 Å². The molecule has 17 heavy (non-hydrogen) atoms. The molecule has 2 nitrogen and oxygen atoms in total. The second-order valence-electron chi connectivity index (χ2n) is 4.54. The van der Waals surface area contributed by atoms with Gasteiger partial charge in [0.05, 0.1) is 0 Å². The molecule has 2 aromatic rings. The van der Waals surface area contributed by atoms with Gasteiger partial charge in [0.15, 0.2) is 0 Å². The summed E-state index contributed by atoms with van der Waals surface area (Å²) in [6.45, 7) is 6.18. The van der Waals surface area contributed by atoms with Gasteiger partial charge in [0.2, 0.25) is 0 Å². The van der Waals surface area contributed by atoms with Crippen molar-refractivity contribution in [3.8, 4) is 0 Å². The van der Waals surface area contributed by atoms with Crippen molar-refractivity contribution in [3.05, 3.63) is 58.9 Å². The van der Waals surface area contributed by atoms with Gasteiger partial charge in [-0.3, -0.25) is 0 Å². The second kappa shape index (κ2) is 5.19. The molecule has 0 bridgehead atoms. The predicted octanol–water partition coefficient (Wildman–Crippen LogP) is 2.93. The van der Waals surface area contributed by atoms with Gasteiger partial charge in [-0.15, -0.1) is 0 Å². The lowest BCUT2D eigenvalue weighted by molar-refractivity contribution is 0.687. The van der Waals surface area contributed by atoms with E-state index in [2.05, 4.69) is 61.1 Å². The van der Waals surface area contributed by atoms with Crippen LogP contribution in [-0.2, 0) is 20.1 Å². The summed E-state index contributed by atoms with van der Waals surface area (Å²) in [7, 11) is 2.12. The molecule has 1 heterocycles. The van der Waals surface area contributed by atoms with Crippen molar-refractivity contribution in [2.75, 3.05) is 0 Å². The predicted molar refractivity (Wildman–Crippen MR) is 71.9 cm³/mol. The maximum atomic E-state index is 3.49. The van der Waals surface area contributed by atoms with Crippen molar-refractivity contribution >= 4 is 0 Å². The van der Waals surface area contributed by atoms with E-state index in [1.54, 1.807) is 0 Å². The maximum Gasteiger partial charge on any atom is 0.0226 e. The minimum absolute atomic E-state index is 0.925. The number of rotatable bonds is 4. The van der Waals surface area contributed by atoms with Gasteiger partial charge < -0.3 is 9.88 Å². The highest BCUT2D eigenvalue weighted by atomic mass is 15.0. The van der Waals surface area contributed by atoms with E-state index in [0.29, 0.717) is 0 Å². The smallest absolute Gasteiger partial charge is 0.0226 e. The molecule has 90 valence electrons. The van der Waals surface area contributed by atoms with Crippen LogP contribution in [0.1, 0.15) is 22.5 Å². The van der Waals surface area contributed by atoms with Crippen molar-refractivity contribution < 1.29 is 0 Å². The monoisotopic (exact) mass is 228 g/mol. The van der Waals surface area contributed by atoms with E-state index >= 15 is 0 Å². The molecule has 0 radical (unpaired) electrons. The molecule has 0 aliphatic carbocycles. The van der Waals surface area contributed by atoms with E-state index in [4.69, 9.17) is 0 Å². The zero-order valence-electron chi connectivity index (χ0n) is 10.8. The molecule has 1 N–H and O–H groups in total. The largest absolute Gasteiger partial charge is 0.352 e. The Morgan fingerprint density at radius 2 is 1.76 bits per heavy atom. The number of nitrogens with one attached hydrogen (secondary N) is 1. The Hall–Kier alpha value is -1.54. The average Bonchev–Trinajstić information content (AvgIpc) is 2.59. The first-order valence-corrected chi connectivity index (χ1v) is 6.05. The molecule has 0 amide bonds. The third-order valence-corrected chi connectivity index (χ3v) is 3.37. The van der Waals surface area contributed by atoms with Gasteiger partial charge in [0, 0.05) is 31.5 Å². The van der Waals surface area contributed by atoms with Crippen molar-refractivity contribution in [3.63, 3.8) is 0 Å². The van der Waals surface area contributed by atoms with E-state index in [1.807, 2.05) is 6.07 Å². The normalized spacial score (nSPS) is 10.8. The Kier molecular flexibility index (Phi) is 3.64. The van der Waals surface area contributed by atoms with Crippen molar-refractivity contribution in [1.82, 2.24) is 9.88 Å². The molecular weight excluding hydrogens is 208 g/mol. The Morgan fingerprint density at radius 1 is 1.06 bits per heavy atom. The summed E-state index contributed by atoms with van der Waals surface area (Å²) in [6, 6.07) is 12.8. The second-order valence-corrected chi connectivity index (χ2v) is 4.54. The molecule has 0 aliphatic heterocycles. The Balaban J connectivity index is 1.92. The summed E-state index contributed by atoms with van der Waals surface area (Å²) in [5, 5.41) is 3.49. The summed E-state index contributed by atoms with van der Waals surface area (Å²) >= 11 is 0. The first-order chi connectivity index (χ1) is 8.18. The Bertz CT molecular complexity index is 483. The number of aromatic nitrogens is 1. The molecule has 0 unspecified atom stereocenters. The van der Waals surface area contributed by atoms with E-state index in [9.17, 15) is 0 Å². The van der Waals surface area contributed by atoms with Crippen LogP contribution in [0.15, 0.2) is 36.4 Å². The van der Waals surface area contributed by atoms with Gasteiger partial charge in [0.1, 0.15) is 0 Å². The van der Waals surface area contributed by atoms with Crippen molar-refractivity contribution in [2.24, 2.45) is 7.05 Å². The summed E-state index contributed by atoms with van der Waals surface area (Å²) in [5.41, 5.74) is 5.39. The molecule has 2 rings (SSSR count).